The van der Waals surface area contributed by atoms with Gasteiger partial charge in [0.25, 0.3) is 0 Å². The number of halogens is 1. The minimum absolute atomic E-state index is 0.0347. The molecule has 2 atom stereocenters. The van der Waals surface area contributed by atoms with Crippen molar-refractivity contribution in [2.24, 2.45) is 0 Å². The minimum Gasteiger partial charge on any atom is -0.271 e. The van der Waals surface area contributed by atoms with Crippen LogP contribution in [0.15, 0.2) is 60.7 Å². The Morgan fingerprint density at radius 2 is 1.17 bits per heavy atom. The standard InChI is InChI=1S/C18H22ClN2OP/c1-15(17-9-5-3-6-10-17)20-13-14-21(23(20,19)22)16(2)18-11-7-4-8-12-18/h3-12,15-16H,13-14H2,1-2H3/t15-,16-/m0/s1. The van der Waals surface area contributed by atoms with Crippen molar-refractivity contribution in [2.45, 2.75) is 25.9 Å². The monoisotopic (exact) mass is 348 g/mol. The molecule has 23 heavy (non-hydrogen) atoms. The van der Waals surface area contributed by atoms with Crippen LogP contribution in [0.4, 0.5) is 0 Å². The highest BCUT2D eigenvalue weighted by molar-refractivity contribution is 7.85. The fourth-order valence-corrected chi connectivity index (χ4v) is 6.55. The summed E-state index contributed by atoms with van der Waals surface area (Å²) in [5.41, 5.74) is 2.28. The Bertz CT molecular complexity index is 637. The summed E-state index contributed by atoms with van der Waals surface area (Å²) in [5.74, 6) is 0. The van der Waals surface area contributed by atoms with Gasteiger partial charge in [0.15, 0.2) is 0 Å². The predicted octanol–water partition coefficient (Wildman–Crippen LogP) is 5.47. The lowest BCUT2D eigenvalue weighted by Crippen LogP contribution is -2.21. The second-order valence-corrected chi connectivity index (χ2v) is 9.27. The van der Waals surface area contributed by atoms with Crippen LogP contribution in [-0.4, -0.2) is 22.4 Å². The summed E-state index contributed by atoms with van der Waals surface area (Å²) in [4.78, 5) is 0. The molecule has 122 valence electrons. The van der Waals surface area contributed by atoms with Crippen LogP contribution in [-0.2, 0) is 4.57 Å². The third-order valence-electron chi connectivity index (χ3n) is 4.65. The normalized spacial score (nSPS) is 21.2. The maximum Gasteiger partial charge on any atom is 0.305 e. The van der Waals surface area contributed by atoms with Crippen molar-refractivity contribution < 1.29 is 4.57 Å². The summed E-state index contributed by atoms with van der Waals surface area (Å²) >= 11 is 6.60. The van der Waals surface area contributed by atoms with Gasteiger partial charge in [0.2, 0.25) is 0 Å². The average Bonchev–Trinajstić information content (AvgIpc) is 2.90. The molecule has 2 aromatic carbocycles. The molecule has 0 aromatic heterocycles. The molecule has 3 rings (SSSR count). The van der Waals surface area contributed by atoms with Gasteiger partial charge in [0.05, 0.1) is 0 Å². The fourth-order valence-electron chi connectivity index (χ4n) is 3.22. The maximum atomic E-state index is 13.3. The van der Waals surface area contributed by atoms with Crippen LogP contribution in [0.25, 0.3) is 0 Å². The molecule has 1 heterocycles. The van der Waals surface area contributed by atoms with Crippen molar-refractivity contribution in [1.82, 2.24) is 9.34 Å². The largest absolute Gasteiger partial charge is 0.305 e. The Balaban J connectivity index is 1.83. The molecule has 0 radical (unpaired) electrons. The molecule has 0 N–H and O–H groups in total. The van der Waals surface area contributed by atoms with E-state index in [1.165, 1.54) is 0 Å². The molecule has 1 aliphatic rings. The lowest BCUT2D eigenvalue weighted by Gasteiger charge is -2.32. The van der Waals surface area contributed by atoms with Crippen LogP contribution in [0, 0.1) is 0 Å². The zero-order valence-electron chi connectivity index (χ0n) is 13.5. The van der Waals surface area contributed by atoms with Crippen molar-refractivity contribution in [3.63, 3.8) is 0 Å². The van der Waals surface area contributed by atoms with E-state index in [2.05, 4.69) is 38.1 Å². The zero-order chi connectivity index (χ0) is 16.4. The number of nitrogens with zero attached hydrogens (tertiary/aromatic N) is 2. The van der Waals surface area contributed by atoms with Gasteiger partial charge >= 0.3 is 6.80 Å². The molecule has 2 aromatic rings. The number of hydrogen-bond donors (Lipinski definition) is 0. The second kappa shape index (κ2) is 6.78. The Kier molecular flexibility index (Phi) is 4.93. The first-order chi connectivity index (χ1) is 11.0. The fraction of sp³-hybridized carbons (Fsp3) is 0.333. The highest BCUT2D eigenvalue weighted by Crippen LogP contribution is 2.66. The first-order valence-corrected chi connectivity index (χ1v) is 10.5. The number of benzene rings is 2. The highest BCUT2D eigenvalue weighted by atomic mass is 35.7. The summed E-state index contributed by atoms with van der Waals surface area (Å²) in [7, 11) is 0. The molecule has 1 aliphatic heterocycles. The molecule has 0 aliphatic carbocycles. The van der Waals surface area contributed by atoms with Crippen molar-refractivity contribution >= 4 is 18.0 Å². The van der Waals surface area contributed by atoms with Gasteiger partial charge in [-0.1, -0.05) is 60.7 Å². The maximum absolute atomic E-state index is 13.3. The lowest BCUT2D eigenvalue weighted by molar-refractivity contribution is 0.377. The van der Waals surface area contributed by atoms with Gasteiger partial charge in [-0.15, -0.1) is 0 Å². The topological polar surface area (TPSA) is 23.6 Å². The Morgan fingerprint density at radius 1 is 0.826 bits per heavy atom. The number of hydrogen-bond acceptors (Lipinski definition) is 1. The smallest absolute Gasteiger partial charge is 0.271 e. The van der Waals surface area contributed by atoms with Crippen LogP contribution in [0.2, 0.25) is 0 Å². The summed E-state index contributed by atoms with van der Waals surface area (Å²) in [6.45, 7) is 2.51. The van der Waals surface area contributed by atoms with Gasteiger partial charge in [-0.3, -0.25) is 4.57 Å². The van der Waals surface area contributed by atoms with Gasteiger partial charge in [-0.2, -0.15) is 0 Å². The van der Waals surface area contributed by atoms with E-state index in [9.17, 15) is 4.57 Å². The van der Waals surface area contributed by atoms with E-state index in [1.807, 2.05) is 45.7 Å². The molecule has 0 unspecified atom stereocenters. The molecule has 3 nitrogen and oxygen atoms in total. The average molecular weight is 349 g/mol. The predicted molar refractivity (Wildman–Crippen MR) is 96.6 cm³/mol. The van der Waals surface area contributed by atoms with E-state index in [0.29, 0.717) is 13.1 Å². The number of rotatable bonds is 4. The molecule has 1 fully saturated rings. The third kappa shape index (κ3) is 3.25. The van der Waals surface area contributed by atoms with Crippen LogP contribution in [0.1, 0.15) is 37.1 Å². The minimum atomic E-state index is -3.07. The van der Waals surface area contributed by atoms with E-state index >= 15 is 0 Å². The Morgan fingerprint density at radius 3 is 1.52 bits per heavy atom. The van der Waals surface area contributed by atoms with Crippen molar-refractivity contribution in [2.75, 3.05) is 13.1 Å². The van der Waals surface area contributed by atoms with Crippen LogP contribution in [0.5, 0.6) is 0 Å². The molecule has 1 saturated heterocycles. The van der Waals surface area contributed by atoms with Gasteiger partial charge in [0, 0.05) is 25.2 Å². The van der Waals surface area contributed by atoms with Gasteiger partial charge in [-0.25, -0.2) is 9.34 Å². The van der Waals surface area contributed by atoms with E-state index in [-0.39, 0.29) is 12.1 Å². The molecule has 0 spiro atoms. The molecule has 5 heteroatoms. The van der Waals surface area contributed by atoms with E-state index < -0.39 is 6.80 Å². The highest BCUT2D eigenvalue weighted by Gasteiger charge is 2.46. The first kappa shape index (κ1) is 16.7. The summed E-state index contributed by atoms with van der Waals surface area (Å²) in [6, 6.07) is 20.3. The van der Waals surface area contributed by atoms with Crippen LogP contribution < -0.4 is 0 Å². The Labute approximate surface area is 143 Å². The quantitative estimate of drug-likeness (QED) is 0.684. The Hall–Kier alpha value is -1.12. The van der Waals surface area contributed by atoms with Crippen molar-refractivity contribution in [1.29, 1.82) is 0 Å². The summed E-state index contributed by atoms with van der Waals surface area (Å²) < 4.78 is 17.2. The molecule has 0 amide bonds. The lowest BCUT2D eigenvalue weighted by atomic mass is 10.1. The van der Waals surface area contributed by atoms with E-state index in [0.717, 1.165) is 11.1 Å². The van der Waals surface area contributed by atoms with Crippen LogP contribution >= 0.6 is 18.0 Å². The molecule has 0 saturated carbocycles. The van der Waals surface area contributed by atoms with Gasteiger partial charge < -0.3 is 0 Å². The van der Waals surface area contributed by atoms with Crippen molar-refractivity contribution in [3.8, 4) is 0 Å². The summed E-state index contributed by atoms with van der Waals surface area (Å²) in [6.07, 6.45) is 0. The van der Waals surface area contributed by atoms with E-state index in [4.69, 9.17) is 11.2 Å². The molecular weight excluding hydrogens is 327 g/mol. The third-order valence-corrected chi connectivity index (χ3v) is 8.18. The zero-order valence-corrected chi connectivity index (χ0v) is 15.1. The first-order valence-electron chi connectivity index (χ1n) is 7.95. The molecule has 0 bridgehead atoms. The second-order valence-electron chi connectivity index (χ2n) is 5.97. The SMILES string of the molecule is C[C@@H](c1ccccc1)N1CCN([C@@H](C)c2ccccc2)P1(=O)Cl. The molecular formula is C18H22ClN2OP. The van der Waals surface area contributed by atoms with Crippen molar-refractivity contribution in [3.05, 3.63) is 71.8 Å². The summed E-state index contributed by atoms with van der Waals surface area (Å²) in [5, 5.41) is 0. The van der Waals surface area contributed by atoms with Crippen LogP contribution in [0.3, 0.4) is 0 Å². The van der Waals surface area contributed by atoms with Gasteiger partial charge in [0.1, 0.15) is 0 Å². The van der Waals surface area contributed by atoms with E-state index in [1.54, 1.807) is 0 Å². The van der Waals surface area contributed by atoms with Gasteiger partial charge in [-0.05, 0) is 36.2 Å².